The monoisotopic (exact) mass is 554 g/mol. The number of aliphatic hydroxyl groups excluding tert-OH is 2. The fraction of sp³-hybridized carbons (Fsp3) is 1.00. The van der Waals surface area contributed by atoms with Crippen LogP contribution in [-0.4, -0.2) is 46.9 Å². The van der Waals surface area contributed by atoms with Crippen LogP contribution in [0.25, 0.3) is 0 Å². The number of alkyl halides is 1. The van der Waals surface area contributed by atoms with Gasteiger partial charge in [0.15, 0.2) is 6.17 Å². The molecule has 24 heteroatoms. The summed E-state index contributed by atoms with van der Waals surface area (Å²) >= 11 is 0. The van der Waals surface area contributed by atoms with Gasteiger partial charge in [-0.3, -0.25) is 0 Å². The van der Waals surface area contributed by atoms with E-state index in [1.807, 2.05) is 0 Å². The Balaban J connectivity index is -0.000000240. The molecular formula is C6H8FNa6O14P3. The van der Waals surface area contributed by atoms with Gasteiger partial charge in [0.2, 0.25) is 0 Å². The number of phosphoric acid groups is 3. The maximum absolute atomic E-state index is 14.0. The molecule has 0 unspecified atom stereocenters. The third-order valence-electron chi connectivity index (χ3n) is 2.73. The smallest absolute Gasteiger partial charge is 0.790 e. The maximum Gasteiger partial charge on any atom is 1.00 e. The second kappa shape index (κ2) is 20.1. The first-order valence-corrected chi connectivity index (χ1v) is 10.0. The van der Waals surface area contributed by atoms with E-state index >= 15 is 0 Å². The van der Waals surface area contributed by atoms with Gasteiger partial charge in [-0.05, 0) is 0 Å². The van der Waals surface area contributed by atoms with E-state index in [1.54, 1.807) is 0 Å². The van der Waals surface area contributed by atoms with Crippen molar-refractivity contribution in [1.29, 1.82) is 0 Å². The molecule has 144 valence electrons. The maximum atomic E-state index is 14.0. The zero-order chi connectivity index (χ0) is 19.1. The summed E-state index contributed by atoms with van der Waals surface area (Å²) in [5.74, 6) is 0. The predicted octanol–water partition coefficient (Wildman–Crippen LogP) is -24.3. The molecule has 0 heterocycles. The van der Waals surface area contributed by atoms with E-state index in [2.05, 4.69) is 13.6 Å². The molecule has 0 aromatic rings. The third kappa shape index (κ3) is 18.4. The fourth-order valence-electron chi connectivity index (χ4n) is 1.95. The quantitative estimate of drug-likeness (QED) is 0.228. The van der Waals surface area contributed by atoms with Gasteiger partial charge in [0.05, 0.1) is 23.5 Å². The van der Waals surface area contributed by atoms with Crippen LogP contribution in [0.15, 0.2) is 0 Å². The molecule has 0 aromatic carbocycles. The van der Waals surface area contributed by atoms with E-state index < -0.39 is 60.2 Å². The molecule has 0 bridgehead atoms. The van der Waals surface area contributed by atoms with Crippen molar-refractivity contribution in [2.24, 2.45) is 0 Å². The van der Waals surface area contributed by atoms with Gasteiger partial charge in [-0.2, -0.15) is 0 Å². The molecule has 6 atom stereocenters. The van der Waals surface area contributed by atoms with Crippen molar-refractivity contribution in [2.75, 3.05) is 0 Å². The fourth-order valence-corrected chi connectivity index (χ4v) is 3.58. The molecule has 1 aliphatic rings. The molecule has 0 aliphatic heterocycles. The third-order valence-corrected chi connectivity index (χ3v) is 4.23. The van der Waals surface area contributed by atoms with Gasteiger partial charge in [-0.25, -0.2) is 4.39 Å². The summed E-state index contributed by atoms with van der Waals surface area (Å²) in [5, 5.41) is 19.1. The normalized spacial score (nSPS) is 28.7. The van der Waals surface area contributed by atoms with E-state index in [1.165, 1.54) is 0 Å². The van der Waals surface area contributed by atoms with Crippen LogP contribution in [0, 0.1) is 0 Å². The average Bonchev–Trinajstić information content (AvgIpc) is 2.32. The van der Waals surface area contributed by atoms with Crippen molar-refractivity contribution in [3.05, 3.63) is 0 Å². The Morgan fingerprint density at radius 1 is 0.567 bits per heavy atom. The van der Waals surface area contributed by atoms with Gasteiger partial charge in [0.1, 0.15) is 30.5 Å². The number of halogens is 1. The van der Waals surface area contributed by atoms with Crippen LogP contribution in [0.2, 0.25) is 0 Å². The summed E-state index contributed by atoms with van der Waals surface area (Å²) in [6.45, 7) is 0. The molecule has 0 amide bonds. The molecule has 0 radical (unpaired) electrons. The second-order valence-electron chi connectivity index (χ2n) is 4.48. The Kier molecular flexibility index (Phi) is 33.0. The minimum Gasteiger partial charge on any atom is -0.790 e. The number of aliphatic hydroxyl groups is 2. The van der Waals surface area contributed by atoms with Crippen LogP contribution in [0.4, 0.5) is 4.39 Å². The van der Waals surface area contributed by atoms with Gasteiger partial charge in [-0.15, -0.1) is 0 Å². The SMILES string of the molecule is O=P([O-])([O-])O[C@@H]1[C@@H](O)[C@H](OP(=O)([O-])[O-])[C@@H](OP(=O)([O-])[O-])[C@H](F)[C@@H]1O.[Na+].[Na+].[Na+].[Na+].[Na+].[Na+]. The van der Waals surface area contributed by atoms with Gasteiger partial charge in [-0.1, -0.05) is 0 Å². The molecular weight excluding hydrogens is 546 g/mol. The Bertz CT molecular complexity index is 601. The standard InChI is InChI=1S/C6H14FO14P3.6Na/c7-1-2(8)5(20-23(13,14)15)3(9)6(21-24(16,17)18)4(1)19-22(10,11)12;;;;;;/h1-6,8-9H,(H2,10,11,12)(H2,13,14,15)(H2,16,17,18);;;;;;/q;6*+1/p-6/t1-,2+,3-,4+,5+,6+;;;;;;/m1....../s1. The Morgan fingerprint density at radius 3 is 1.13 bits per heavy atom. The van der Waals surface area contributed by atoms with Crippen LogP contribution in [0.5, 0.6) is 0 Å². The minimum absolute atomic E-state index is 0. The van der Waals surface area contributed by atoms with Gasteiger partial charge < -0.3 is 66.8 Å². The topological polar surface area (TPSA) is 258 Å². The van der Waals surface area contributed by atoms with Crippen molar-refractivity contribution in [1.82, 2.24) is 0 Å². The number of hydrogen-bond acceptors (Lipinski definition) is 14. The van der Waals surface area contributed by atoms with Crippen molar-refractivity contribution >= 4 is 23.5 Å². The average molecular weight is 554 g/mol. The van der Waals surface area contributed by atoms with Crippen LogP contribution in [0.1, 0.15) is 0 Å². The second-order valence-corrected chi connectivity index (χ2v) is 7.79. The molecule has 1 aliphatic carbocycles. The molecule has 0 saturated heterocycles. The molecule has 30 heavy (non-hydrogen) atoms. The molecule has 1 fully saturated rings. The van der Waals surface area contributed by atoms with E-state index in [0.717, 1.165) is 0 Å². The summed E-state index contributed by atoms with van der Waals surface area (Å²) in [4.78, 5) is 63.3. The van der Waals surface area contributed by atoms with Crippen molar-refractivity contribution in [3.8, 4) is 0 Å². The minimum atomic E-state index is -6.06. The first-order chi connectivity index (χ1) is 10.5. The Hall–Kier alpha value is 6.18. The largest absolute Gasteiger partial charge is 1.00 e. The summed E-state index contributed by atoms with van der Waals surface area (Å²) in [6.07, 6.45) is -16.9. The zero-order valence-corrected chi connectivity index (χ0v) is 31.7. The zero-order valence-electron chi connectivity index (χ0n) is 17.0. The van der Waals surface area contributed by atoms with E-state index in [4.69, 9.17) is 0 Å². The summed E-state index contributed by atoms with van der Waals surface area (Å²) < 4.78 is 56.5. The van der Waals surface area contributed by atoms with Crippen LogP contribution in [0.3, 0.4) is 0 Å². The molecule has 1 rings (SSSR count). The van der Waals surface area contributed by atoms with Crippen LogP contribution < -0.4 is 207 Å². The van der Waals surface area contributed by atoms with Gasteiger partial charge in [0.25, 0.3) is 0 Å². The van der Waals surface area contributed by atoms with Crippen LogP contribution in [-0.2, 0) is 27.3 Å². The van der Waals surface area contributed by atoms with Crippen molar-refractivity contribution in [2.45, 2.75) is 36.7 Å². The predicted molar refractivity (Wildman–Crippen MR) is 54.3 cm³/mol. The number of phosphoric ester groups is 3. The molecule has 14 nitrogen and oxygen atoms in total. The molecule has 0 aromatic heterocycles. The molecule has 2 N–H and O–H groups in total. The molecule has 0 spiro atoms. The van der Waals surface area contributed by atoms with E-state index in [9.17, 15) is 57.7 Å². The first kappa shape index (κ1) is 49.2. The van der Waals surface area contributed by atoms with Crippen molar-refractivity contribution in [3.63, 3.8) is 0 Å². The summed E-state index contributed by atoms with van der Waals surface area (Å²) in [5.41, 5.74) is 0. The number of rotatable bonds is 6. The van der Waals surface area contributed by atoms with E-state index in [0.29, 0.717) is 0 Å². The summed E-state index contributed by atoms with van der Waals surface area (Å²) in [7, 11) is -18.1. The Labute approximate surface area is 303 Å². The van der Waals surface area contributed by atoms with Gasteiger partial charge in [0, 0.05) is 0 Å². The Morgan fingerprint density at radius 2 is 0.833 bits per heavy atom. The number of hydrogen-bond donors (Lipinski definition) is 2. The van der Waals surface area contributed by atoms with Crippen molar-refractivity contribution < 1.29 is 249 Å². The van der Waals surface area contributed by atoms with Crippen LogP contribution >= 0.6 is 23.5 Å². The first-order valence-electron chi connectivity index (χ1n) is 5.63. The van der Waals surface area contributed by atoms with E-state index in [-0.39, 0.29) is 177 Å². The van der Waals surface area contributed by atoms with Gasteiger partial charge >= 0.3 is 177 Å². The molecule has 1 saturated carbocycles. The summed E-state index contributed by atoms with van der Waals surface area (Å²) in [6, 6.07) is 0.